The Morgan fingerprint density at radius 1 is 1.15 bits per heavy atom. The lowest BCUT2D eigenvalue weighted by atomic mass is 9.96. The van der Waals surface area contributed by atoms with Gasteiger partial charge in [-0.3, -0.25) is 0 Å². The predicted octanol–water partition coefficient (Wildman–Crippen LogP) is 3.40. The first-order valence-electron chi connectivity index (χ1n) is 6.00. The topological polar surface area (TPSA) is 3.24 Å². The van der Waals surface area contributed by atoms with Crippen molar-refractivity contribution in [2.45, 2.75) is 47.5 Å². The van der Waals surface area contributed by atoms with Crippen molar-refractivity contribution in [1.82, 2.24) is 4.90 Å². The van der Waals surface area contributed by atoms with E-state index >= 15 is 0 Å². The minimum atomic E-state index is 0.937. The van der Waals surface area contributed by atoms with Crippen molar-refractivity contribution < 1.29 is 0 Å². The first-order chi connectivity index (χ1) is 6.27. The Labute approximate surface area is 84.5 Å². The summed E-state index contributed by atoms with van der Waals surface area (Å²) in [4.78, 5) is 2.61. The summed E-state index contributed by atoms with van der Waals surface area (Å²) in [5.41, 5.74) is 0. The van der Waals surface area contributed by atoms with Gasteiger partial charge in [0.2, 0.25) is 0 Å². The van der Waals surface area contributed by atoms with Gasteiger partial charge < -0.3 is 4.90 Å². The molecule has 1 rings (SSSR count). The highest BCUT2D eigenvalue weighted by molar-refractivity contribution is 4.79. The standard InChI is InChI=1S/C10H21N.C2H6/c1-4-6-11-7-9(3)10(5-2)8-11;1-2/h9-10H,4-8H2,1-3H3;1-2H3. The van der Waals surface area contributed by atoms with Crippen molar-refractivity contribution in [1.29, 1.82) is 0 Å². The molecule has 0 N–H and O–H groups in total. The fraction of sp³-hybridized carbons (Fsp3) is 1.00. The Balaban J connectivity index is 0.000000671. The van der Waals surface area contributed by atoms with Crippen LogP contribution in [-0.4, -0.2) is 24.5 Å². The van der Waals surface area contributed by atoms with E-state index in [0.29, 0.717) is 0 Å². The predicted molar refractivity (Wildman–Crippen MR) is 61.0 cm³/mol. The third-order valence-corrected chi connectivity index (χ3v) is 2.91. The van der Waals surface area contributed by atoms with Crippen LogP contribution in [0.25, 0.3) is 0 Å². The van der Waals surface area contributed by atoms with Crippen LogP contribution >= 0.6 is 0 Å². The number of rotatable bonds is 3. The van der Waals surface area contributed by atoms with Crippen LogP contribution < -0.4 is 0 Å². The molecule has 0 amide bonds. The van der Waals surface area contributed by atoms with E-state index in [1.807, 2.05) is 13.8 Å². The zero-order valence-electron chi connectivity index (χ0n) is 10.1. The number of hydrogen-bond donors (Lipinski definition) is 0. The summed E-state index contributed by atoms with van der Waals surface area (Å²) in [5.74, 6) is 1.91. The van der Waals surface area contributed by atoms with Gasteiger partial charge in [0.1, 0.15) is 0 Å². The summed E-state index contributed by atoms with van der Waals surface area (Å²) in [6.45, 7) is 15.0. The van der Waals surface area contributed by atoms with E-state index in [-0.39, 0.29) is 0 Å². The molecule has 2 unspecified atom stereocenters. The van der Waals surface area contributed by atoms with Gasteiger partial charge in [-0.25, -0.2) is 0 Å². The second kappa shape index (κ2) is 7.37. The Morgan fingerprint density at radius 2 is 1.77 bits per heavy atom. The van der Waals surface area contributed by atoms with Crippen molar-refractivity contribution >= 4 is 0 Å². The largest absolute Gasteiger partial charge is 0.303 e. The molecule has 0 bridgehead atoms. The first-order valence-corrected chi connectivity index (χ1v) is 6.00. The minimum Gasteiger partial charge on any atom is -0.303 e. The first kappa shape index (κ1) is 13.0. The van der Waals surface area contributed by atoms with Crippen LogP contribution in [0.4, 0.5) is 0 Å². The van der Waals surface area contributed by atoms with E-state index in [4.69, 9.17) is 0 Å². The Morgan fingerprint density at radius 3 is 2.15 bits per heavy atom. The van der Waals surface area contributed by atoms with E-state index in [0.717, 1.165) is 11.8 Å². The monoisotopic (exact) mass is 185 g/mol. The molecule has 0 aromatic carbocycles. The molecular weight excluding hydrogens is 158 g/mol. The summed E-state index contributed by atoms with van der Waals surface area (Å²) in [7, 11) is 0. The van der Waals surface area contributed by atoms with Gasteiger partial charge in [-0.05, 0) is 24.8 Å². The molecule has 0 aromatic rings. The molecule has 1 heteroatoms. The van der Waals surface area contributed by atoms with Crippen LogP contribution in [0.15, 0.2) is 0 Å². The van der Waals surface area contributed by atoms with Crippen molar-refractivity contribution in [3.8, 4) is 0 Å². The SMILES string of the molecule is CC.CCCN1CC(C)C(CC)C1. The van der Waals surface area contributed by atoms with Crippen LogP contribution in [0.5, 0.6) is 0 Å². The summed E-state index contributed by atoms with van der Waals surface area (Å²) in [6, 6.07) is 0. The Bertz CT molecular complexity index is 112. The maximum atomic E-state index is 2.61. The summed E-state index contributed by atoms with van der Waals surface area (Å²) >= 11 is 0. The van der Waals surface area contributed by atoms with E-state index < -0.39 is 0 Å². The van der Waals surface area contributed by atoms with Gasteiger partial charge in [0.05, 0.1) is 0 Å². The zero-order valence-corrected chi connectivity index (χ0v) is 10.1. The van der Waals surface area contributed by atoms with E-state index in [1.165, 1.54) is 32.5 Å². The molecule has 0 saturated carbocycles. The molecule has 13 heavy (non-hydrogen) atoms. The highest BCUT2D eigenvalue weighted by atomic mass is 15.1. The van der Waals surface area contributed by atoms with Gasteiger partial charge in [-0.2, -0.15) is 0 Å². The molecule has 2 atom stereocenters. The normalized spacial score (nSPS) is 28.4. The van der Waals surface area contributed by atoms with Gasteiger partial charge in [-0.1, -0.05) is 41.0 Å². The number of nitrogens with zero attached hydrogens (tertiary/aromatic N) is 1. The smallest absolute Gasteiger partial charge is 0.00127 e. The summed E-state index contributed by atoms with van der Waals surface area (Å²) in [6.07, 6.45) is 2.67. The highest BCUT2D eigenvalue weighted by Gasteiger charge is 2.26. The lowest BCUT2D eigenvalue weighted by Crippen LogP contribution is -2.21. The lowest BCUT2D eigenvalue weighted by molar-refractivity contribution is 0.322. The second-order valence-corrected chi connectivity index (χ2v) is 3.91. The molecule has 1 saturated heterocycles. The van der Waals surface area contributed by atoms with Gasteiger partial charge in [0.15, 0.2) is 0 Å². The van der Waals surface area contributed by atoms with E-state index in [9.17, 15) is 0 Å². The van der Waals surface area contributed by atoms with Gasteiger partial charge >= 0.3 is 0 Å². The Kier molecular flexibility index (Phi) is 7.35. The summed E-state index contributed by atoms with van der Waals surface area (Å²) < 4.78 is 0. The average molecular weight is 185 g/mol. The number of likely N-dealkylation sites (tertiary alicyclic amines) is 1. The summed E-state index contributed by atoms with van der Waals surface area (Å²) in [5, 5.41) is 0. The molecule has 1 fully saturated rings. The second-order valence-electron chi connectivity index (χ2n) is 3.91. The van der Waals surface area contributed by atoms with Gasteiger partial charge in [0, 0.05) is 13.1 Å². The van der Waals surface area contributed by atoms with Crippen molar-refractivity contribution in [2.75, 3.05) is 19.6 Å². The molecule has 1 aliphatic rings. The molecule has 0 radical (unpaired) electrons. The van der Waals surface area contributed by atoms with Crippen molar-refractivity contribution in [3.63, 3.8) is 0 Å². The van der Waals surface area contributed by atoms with E-state index in [2.05, 4.69) is 25.7 Å². The fourth-order valence-corrected chi connectivity index (χ4v) is 2.17. The zero-order chi connectivity index (χ0) is 10.3. The van der Waals surface area contributed by atoms with Crippen molar-refractivity contribution in [2.24, 2.45) is 11.8 Å². The quantitative estimate of drug-likeness (QED) is 0.651. The molecular formula is C12H27N. The third-order valence-electron chi connectivity index (χ3n) is 2.91. The van der Waals surface area contributed by atoms with Crippen LogP contribution in [0.3, 0.4) is 0 Å². The fourth-order valence-electron chi connectivity index (χ4n) is 2.17. The third kappa shape index (κ3) is 4.12. The molecule has 1 aliphatic heterocycles. The van der Waals surface area contributed by atoms with Crippen LogP contribution in [0.2, 0.25) is 0 Å². The van der Waals surface area contributed by atoms with Crippen molar-refractivity contribution in [3.05, 3.63) is 0 Å². The molecule has 80 valence electrons. The van der Waals surface area contributed by atoms with Crippen LogP contribution in [-0.2, 0) is 0 Å². The maximum Gasteiger partial charge on any atom is 0.00127 e. The lowest BCUT2D eigenvalue weighted by Gasteiger charge is -2.13. The maximum absolute atomic E-state index is 2.61. The van der Waals surface area contributed by atoms with Gasteiger partial charge in [-0.15, -0.1) is 0 Å². The average Bonchev–Trinajstić information content (AvgIpc) is 2.50. The molecule has 1 nitrogen and oxygen atoms in total. The minimum absolute atomic E-state index is 0.937. The van der Waals surface area contributed by atoms with Gasteiger partial charge in [0.25, 0.3) is 0 Å². The van der Waals surface area contributed by atoms with E-state index in [1.54, 1.807) is 0 Å². The van der Waals surface area contributed by atoms with Crippen LogP contribution in [0, 0.1) is 11.8 Å². The van der Waals surface area contributed by atoms with Crippen LogP contribution in [0.1, 0.15) is 47.5 Å². The highest BCUT2D eigenvalue weighted by Crippen LogP contribution is 2.25. The molecule has 0 spiro atoms. The molecule has 0 aliphatic carbocycles. The Hall–Kier alpha value is -0.0400. The molecule has 0 aromatic heterocycles. The molecule has 1 heterocycles. The number of hydrogen-bond acceptors (Lipinski definition) is 1.